The molecule has 66 valence electrons. The summed E-state index contributed by atoms with van der Waals surface area (Å²) in [6.07, 6.45) is 3.02. The van der Waals surface area contributed by atoms with E-state index in [2.05, 4.69) is 23.7 Å². The lowest BCUT2D eigenvalue weighted by molar-refractivity contribution is 1.12. The molecule has 0 aliphatic rings. The Kier molecular flexibility index (Phi) is 5.28. The summed E-state index contributed by atoms with van der Waals surface area (Å²) in [5.41, 5.74) is 1.17. The Morgan fingerprint density at radius 3 is 3.00 bits per heavy atom. The maximum absolute atomic E-state index is 4.24. The number of thiol groups is 1. The molecule has 0 N–H and O–H groups in total. The maximum Gasteiger partial charge on any atom is 0.0502 e. The second kappa shape index (κ2) is 6.38. The number of nitrogens with zero attached hydrogens (tertiary/aromatic N) is 1. The lowest BCUT2D eigenvalue weighted by Gasteiger charge is -1.98. The average Bonchev–Trinajstić information content (AvgIpc) is 2.14. The van der Waals surface area contributed by atoms with Crippen molar-refractivity contribution in [3.8, 4) is 0 Å². The molecule has 1 nitrogen and oxygen atoms in total. The van der Waals surface area contributed by atoms with E-state index in [-0.39, 0.29) is 0 Å². The van der Waals surface area contributed by atoms with Crippen LogP contribution in [0.3, 0.4) is 0 Å². The smallest absolute Gasteiger partial charge is 0.0502 e. The summed E-state index contributed by atoms with van der Waals surface area (Å²) in [7, 11) is 0. The van der Waals surface area contributed by atoms with E-state index in [0.717, 1.165) is 11.5 Å². The Balaban J connectivity index is 2.16. The molecule has 0 atom stereocenters. The average molecular weight is 199 g/mol. The van der Waals surface area contributed by atoms with Crippen LogP contribution in [0, 0.1) is 0 Å². The summed E-state index contributed by atoms with van der Waals surface area (Å²) in [6, 6.07) is 6.04. The Morgan fingerprint density at radius 2 is 2.33 bits per heavy atom. The van der Waals surface area contributed by atoms with Crippen LogP contribution < -0.4 is 0 Å². The first-order chi connectivity index (χ1) is 5.93. The number of hydrogen-bond acceptors (Lipinski definition) is 3. The van der Waals surface area contributed by atoms with Gasteiger partial charge in [0, 0.05) is 11.9 Å². The van der Waals surface area contributed by atoms with Crippen LogP contribution in [0.4, 0.5) is 0 Å². The zero-order valence-electron chi connectivity index (χ0n) is 6.94. The number of pyridine rings is 1. The Labute approximate surface area is 83.4 Å². The van der Waals surface area contributed by atoms with Crippen LogP contribution in [-0.4, -0.2) is 16.5 Å². The number of thioether (sulfide) groups is 1. The van der Waals surface area contributed by atoms with E-state index in [9.17, 15) is 0 Å². The largest absolute Gasteiger partial charge is 0.260 e. The molecule has 0 aliphatic carbocycles. The number of aromatic nitrogens is 1. The fourth-order valence-corrected chi connectivity index (χ4v) is 2.07. The molecule has 0 radical (unpaired) electrons. The van der Waals surface area contributed by atoms with Crippen molar-refractivity contribution in [3.63, 3.8) is 0 Å². The van der Waals surface area contributed by atoms with Gasteiger partial charge in [0.25, 0.3) is 0 Å². The third-order valence-corrected chi connectivity index (χ3v) is 2.82. The highest BCUT2D eigenvalue weighted by Crippen LogP contribution is 2.10. The van der Waals surface area contributed by atoms with Crippen molar-refractivity contribution < 1.29 is 0 Å². The Bertz CT molecular complexity index is 201. The normalized spacial score (nSPS) is 10.1. The molecule has 0 saturated carbocycles. The Morgan fingerprint density at radius 1 is 1.42 bits per heavy atom. The first kappa shape index (κ1) is 9.93. The molecular formula is C9H13NS2. The van der Waals surface area contributed by atoms with E-state index in [4.69, 9.17) is 0 Å². The fraction of sp³-hybridized carbons (Fsp3) is 0.444. The molecule has 0 aromatic carbocycles. The van der Waals surface area contributed by atoms with E-state index < -0.39 is 0 Å². The predicted molar refractivity (Wildman–Crippen MR) is 58.9 cm³/mol. The van der Waals surface area contributed by atoms with E-state index in [1.54, 1.807) is 0 Å². The van der Waals surface area contributed by atoms with Crippen LogP contribution in [0.25, 0.3) is 0 Å². The van der Waals surface area contributed by atoms with Gasteiger partial charge in [0.15, 0.2) is 0 Å². The lowest BCUT2D eigenvalue weighted by atomic mass is 10.4. The molecule has 1 aromatic heterocycles. The summed E-state index contributed by atoms with van der Waals surface area (Å²) < 4.78 is 0. The summed E-state index contributed by atoms with van der Waals surface area (Å²) >= 11 is 6.07. The summed E-state index contributed by atoms with van der Waals surface area (Å²) in [5, 5.41) is 0. The van der Waals surface area contributed by atoms with Crippen LogP contribution >= 0.6 is 24.4 Å². The van der Waals surface area contributed by atoms with E-state index in [1.807, 2.05) is 30.1 Å². The van der Waals surface area contributed by atoms with Crippen molar-refractivity contribution in [2.24, 2.45) is 0 Å². The highest BCUT2D eigenvalue weighted by molar-refractivity contribution is 7.98. The van der Waals surface area contributed by atoms with Crippen molar-refractivity contribution in [2.75, 3.05) is 11.5 Å². The van der Waals surface area contributed by atoms with Gasteiger partial charge in [0.2, 0.25) is 0 Å². The Hall–Kier alpha value is -0.150. The minimum atomic E-state index is 0.981. The quantitative estimate of drug-likeness (QED) is 0.578. The third kappa shape index (κ3) is 4.02. The minimum Gasteiger partial charge on any atom is -0.260 e. The highest BCUT2D eigenvalue weighted by atomic mass is 32.2. The number of rotatable bonds is 5. The molecule has 0 fully saturated rings. The van der Waals surface area contributed by atoms with Crippen molar-refractivity contribution in [2.45, 2.75) is 12.2 Å². The monoisotopic (exact) mass is 199 g/mol. The molecule has 12 heavy (non-hydrogen) atoms. The zero-order chi connectivity index (χ0) is 8.65. The van der Waals surface area contributed by atoms with Crippen LogP contribution in [0.5, 0.6) is 0 Å². The second-order valence-electron chi connectivity index (χ2n) is 2.45. The molecule has 1 rings (SSSR count). The van der Waals surface area contributed by atoms with Crippen molar-refractivity contribution >= 4 is 24.4 Å². The molecule has 0 unspecified atom stereocenters. The van der Waals surface area contributed by atoms with E-state index in [0.29, 0.717) is 0 Å². The lowest BCUT2D eigenvalue weighted by Crippen LogP contribution is -1.87. The first-order valence-corrected chi connectivity index (χ1v) is 5.80. The molecule has 0 saturated heterocycles. The molecule has 0 amide bonds. The predicted octanol–water partition coefficient (Wildman–Crippen LogP) is 2.63. The van der Waals surface area contributed by atoms with Crippen LogP contribution in [0.15, 0.2) is 24.4 Å². The van der Waals surface area contributed by atoms with E-state index in [1.165, 1.54) is 17.9 Å². The van der Waals surface area contributed by atoms with Crippen LogP contribution in [-0.2, 0) is 5.75 Å². The SMILES string of the molecule is SCCCSCc1ccccn1. The van der Waals surface area contributed by atoms with Gasteiger partial charge in [-0.3, -0.25) is 4.98 Å². The van der Waals surface area contributed by atoms with Gasteiger partial charge >= 0.3 is 0 Å². The fourth-order valence-electron chi connectivity index (χ4n) is 0.827. The van der Waals surface area contributed by atoms with Gasteiger partial charge in [0.05, 0.1) is 5.69 Å². The summed E-state index contributed by atoms with van der Waals surface area (Å²) in [4.78, 5) is 4.24. The summed E-state index contributed by atoms with van der Waals surface area (Å²) in [5.74, 6) is 3.18. The third-order valence-electron chi connectivity index (χ3n) is 1.42. The van der Waals surface area contributed by atoms with Gasteiger partial charge < -0.3 is 0 Å². The van der Waals surface area contributed by atoms with Crippen LogP contribution in [0.2, 0.25) is 0 Å². The van der Waals surface area contributed by atoms with Gasteiger partial charge in [-0.15, -0.1) is 0 Å². The molecule has 0 aliphatic heterocycles. The molecule has 1 aromatic rings. The van der Waals surface area contributed by atoms with Crippen LogP contribution in [0.1, 0.15) is 12.1 Å². The van der Waals surface area contributed by atoms with Gasteiger partial charge in [-0.1, -0.05) is 6.07 Å². The van der Waals surface area contributed by atoms with Gasteiger partial charge in [-0.05, 0) is 30.1 Å². The first-order valence-electron chi connectivity index (χ1n) is 4.02. The van der Waals surface area contributed by atoms with Gasteiger partial charge in [-0.25, -0.2) is 0 Å². The number of hydrogen-bond donors (Lipinski definition) is 1. The summed E-state index contributed by atoms with van der Waals surface area (Å²) in [6.45, 7) is 0. The maximum atomic E-state index is 4.24. The molecule has 1 heterocycles. The van der Waals surface area contributed by atoms with E-state index >= 15 is 0 Å². The van der Waals surface area contributed by atoms with Crippen molar-refractivity contribution in [1.29, 1.82) is 0 Å². The molecule has 0 spiro atoms. The van der Waals surface area contributed by atoms with Crippen molar-refractivity contribution in [3.05, 3.63) is 30.1 Å². The van der Waals surface area contributed by atoms with Crippen molar-refractivity contribution in [1.82, 2.24) is 4.98 Å². The standard InChI is InChI=1S/C9H13NS2/c11-6-3-7-12-8-9-4-1-2-5-10-9/h1-2,4-5,11H,3,6-8H2. The zero-order valence-corrected chi connectivity index (χ0v) is 8.65. The highest BCUT2D eigenvalue weighted by Gasteiger charge is 1.92. The van der Waals surface area contributed by atoms with Gasteiger partial charge in [-0.2, -0.15) is 24.4 Å². The topological polar surface area (TPSA) is 12.9 Å². The minimum absolute atomic E-state index is 0.981. The molecular weight excluding hydrogens is 186 g/mol. The van der Waals surface area contributed by atoms with Gasteiger partial charge in [0.1, 0.15) is 0 Å². The second-order valence-corrected chi connectivity index (χ2v) is 4.00. The molecule has 3 heteroatoms. The molecule has 0 bridgehead atoms.